The molecule has 7 aromatic carbocycles. The van der Waals surface area contributed by atoms with E-state index in [-0.39, 0.29) is 53.9 Å². The van der Waals surface area contributed by atoms with Crippen molar-refractivity contribution in [2.75, 3.05) is 49.3 Å². The van der Waals surface area contributed by atoms with Gasteiger partial charge < -0.3 is 72.6 Å². The van der Waals surface area contributed by atoms with Crippen LogP contribution >= 0.6 is 0 Å². The minimum Gasteiger partial charge on any atom is -0.508 e. The highest BCUT2D eigenvalue weighted by Crippen LogP contribution is 2.32. The van der Waals surface area contributed by atoms with Crippen molar-refractivity contribution in [3.05, 3.63) is 231 Å². The summed E-state index contributed by atoms with van der Waals surface area (Å²) in [5.41, 5.74) is 30.3. The number of primary amides is 3. The second kappa shape index (κ2) is 40.9. The van der Waals surface area contributed by atoms with Crippen LogP contribution in [0.25, 0.3) is 0 Å². The molecule has 0 bridgehead atoms. The molecular weight excluding hydrogens is 1410 g/mol. The van der Waals surface area contributed by atoms with Crippen LogP contribution in [0.2, 0.25) is 0 Å². The Bertz CT molecular complexity index is 4260. The standard InChI is InChI=1S/C35H45FN4O4.C27H37FN4O4.C25H35N3O3/c1-23-19-26(15-18-30(23)44-22-25-11-9-8-10-12-25)21-29(32(37)41)39(6)34(43)31(35(2,3)4)40(7)33(42)28(38-5)20-24-13-16-27(36)17-14-24;1-16-13-18(9-12-22(16)33)15-21(24(30)34)31(5)26(36)23(27(2,3)4)32(6)25(35)20(29)14-17-7-10-19(28)11-8-17;1-17-14-19(12-13-21(17)31-16-18-10-8-7-9-11-18)15-20(23(26)29)28(6)24(30)22(27-5)25(2,3)4/h8-19,28-29,31,38H,20-22H2,1-7H3,(H2,37,41);7-13,20-21,23,33H,14-15,29H2,1-6H3,(H2,30,34);7-14,20,22,27H,15-16H2,1-6H3,(H2,26,29)/t28-,29-,31+;20-,21-,23+;20-,22+/m000/s1. The van der Waals surface area contributed by atoms with E-state index in [2.05, 4.69) is 10.6 Å². The van der Waals surface area contributed by atoms with Crippen LogP contribution in [-0.2, 0) is 83.7 Å². The summed E-state index contributed by atoms with van der Waals surface area (Å²) in [6, 6.07) is 41.4. The van der Waals surface area contributed by atoms with Gasteiger partial charge >= 0.3 is 0 Å². The minimum atomic E-state index is -0.970. The summed E-state index contributed by atoms with van der Waals surface area (Å²) in [6.45, 7) is 23.6. The summed E-state index contributed by atoms with van der Waals surface area (Å²) in [7, 11) is 11.2. The Morgan fingerprint density at radius 3 is 1.05 bits per heavy atom. The molecule has 7 aromatic rings. The number of benzene rings is 7. The minimum absolute atomic E-state index is 0.128. The van der Waals surface area contributed by atoms with Crippen molar-refractivity contribution in [3.8, 4) is 17.2 Å². The lowest BCUT2D eigenvalue weighted by atomic mass is 9.84. The normalized spacial score (nSPS) is 13.6. The first-order valence-electron chi connectivity index (χ1n) is 37.0. The van der Waals surface area contributed by atoms with Crippen LogP contribution in [0.1, 0.15) is 118 Å². The third-order valence-corrected chi connectivity index (χ3v) is 19.6. The van der Waals surface area contributed by atoms with Gasteiger partial charge in [-0.25, -0.2) is 8.78 Å². The number of ether oxygens (including phenoxy) is 2. The third-order valence-electron chi connectivity index (χ3n) is 19.6. The van der Waals surface area contributed by atoms with Crippen LogP contribution in [0, 0.1) is 48.7 Å². The number of carbonyl (C=O) groups is 8. The second-order valence-corrected chi connectivity index (χ2v) is 31.7. The monoisotopic (exact) mass is 1530 g/mol. The van der Waals surface area contributed by atoms with Crippen LogP contribution in [-0.4, -0.2) is 175 Å². The number of hydrogen-bond acceptors (Lipinski definition) is 14. The number of aromatic hydroxyl groups is 1. The van der Waals surface area contributed by atoms with Gasteiger partial charge in [0, 0.05) is 54.5 Å². The first kappa shape index (κ1) is 91.1. The van der Waals surface area contributed by atoms with E-state index in [0.29, 0.717) is 37.2 Å². The average Bonchev–Trinajstić information content (AvgIpc) is 0.801. The third kappa shape index (κ3) is 26.6. The van der Waals surface area contributed by atoms with E-state index in [1.807, 2.05) is 173 Å². The first-order chi connectivity index (χ1) is 51.9. The molecule has 600 valence electrons. The fourth-order valence-electron chi connectivity index (χ4n) is 13.4. The maximum Gasteiger partial charge on any atom is 0.246 e. The number of halogens is 2. The van der Waals surface area contributed by atoms with Crippen molar-refractivity contribution in [2.45, 2.75) is 177 Å². The van der Waals surface area contributed by atoms with Gasteiger partial charge in [0.15, 0.2) is 0 Å². The molecule has 0 spiro atoms. The van der Waals surface area contributed by atoms with E-state index >= 15 is 0 Å². The number of phenols is 1. The van der Waals surface area contributed by atoms with Gasteiger partial charge in [0.2, 0.25) is 47.3 Å². The van der Waals surface area contributed by atoms with Crippen molar-refractivity contribution < 1.29 is 61.7 Å². The Morgan fingerprint density at radius 2 is 0.730 bits per heavy atom. The number of amides is 8. The lowest BCUT2D eigenvalue weighted by molar-refractivity contribution is -0.152. The van der Waals surface area contributed by atoms with Gasteiger partial charge in [-0.2, -0.15) is 0 Å². The molecule has 0 radical (unpaired) electrons. The molecule has 0 aliphatic carbocycles. The van der Waals surface area contributed by atoms with Crippen LogP contribution < -0.4 is 43.0 Å². The molecule has 0 fully saturated rings. The van der Waals surface area contributed by atoms with Gasteiger partial charge in [0.1, 0.15) is 72.3 Å². The lowest BCUT2D eigenvalue weighted by Gasteiger charge is -2.41. The average molecular weight is 1530 g/mol. The van der Waals surface area contributed by atoms with Gasteiger partial charge in [0.25, 0.3) is 0 Å². The highest BCUT2D eigenvalue weighted by molar-refractivity contribution is 5.95. The summed E-state index contributed by atoms with van der Waals surface area (Å²) in [6.07, 6.45) is 1.19. The van der Waals surface area contributed by atoms with Gasteiger partial charge in [-0.3, -0.25) is 38.4 Å². The molecule has 22 nitrogen and oxygen atoms in total. The van der Waals surface area contributed by atoms with E-state index in [0.717, 1.165) is 56.0 Å². The van der Waals surface area contributed by atoms with Crippen LogP contribution in [0.3, 0.4) is 0 Å². The molecular formula is C87H117F2N11O11. The van der Waals surface area contributed by atoms with Gasteiger partial charge in [-0.1, -0.05) is 184 Å². The van der Waals surface area contributed by atoms with Crippen molar-refractivity contribution in [1.29, 1.82) is 0 Å². The Kier molecular flexibility index (Phi) is 33.6. The van der Waals surface area contributed by atoms with Crippen molar-refractivity contribution in [1.82, 2.24) is 35.1 Å². The molecule has 0 heterocycles. The molecule has 111 heavy (non-hydrogen) atoms. The summed E-state index contributed by atoms with van der Waals surface area (Å²) in [4.78, 5) is 112. The SMILES string of the molecule is CN[C@@H](Cc1ccc(F)cc1)C(=O)N(C)[C@H](C(=O)N(C)[C@@H](Cc1ccc(OCc2ccccc2)c(C)c1)C(N)=O)C(C)(C)C.CN[C@H](C(=O)N(C)[C@@H](Cc1ccc(OCc2ccccc2)c(C)c1)C(N)=O)C(C)(C)C.Cc1cc(C[C@@H](C(N)=O)N(C)C(=O)[C@@H](N(C)C(=O)[C@@H](N)Cc2ccc(F)cc2)C(C)(C)C)ccc1O. The van der Waals surface area contributed by atoms with Gasteiger partial charge in [0.05, 0.1) is 18.1 Å². The van der Waals surface area contributed by atoms with Crippen LogP contribution in [0.5, 0.6) is 17.2 Å². The molecule has 8 atom stereocenters. The van der Waals surface area contributed by atoms with E-state index in [1.54, 1.807) is 78.6 Å². The molecule has 11 N–H and O–H groups in total. The first-order valence-corrected chi connectivity index (χ1v) is 37.0. The lowest BCUT2D eigenvalue weighted by Crippen LogP contribution is -2.60. The van der Waals surface area contributed by atoms with Crippen molar-refractivity contribution in [2.24, 2.45) is 39.2 Å². The summed E-state index contributed by atoms with van der Waals surface area (Å²) < 4.78 is 38.6. The number of rotatable bonds is 31. The van der Waals surface area contributed by atoms with E-state index in [4.69, 9.17) is 32.4 Å². The number of aryl methyl sites for hydroxylation is 3. The van der Waals surface area contributed by atoms with E-state index in [9.17, 15) is 52.2 Å². The molecule has 0 aliphatic rings. The molecule has 0 saturated heterocycles. The highest BCUT2D eigenvalue weighted by Gasteiger charge is 2.45. The molecule has 0 aliphatic heterocycles. The zero-order valence-corrected chi connectivity index (χ0v) is 68.0. The fourth-order valence-corrected chi connectivity index (χ4v) is 13.4. The van der Waals surface area contributed by atoms with Crippen LogP contribution in [0.4, 0.5) is 8.78 Å². The number of nitrogens with two attached hydrogens (primary N) is 4. The fraction of sp³-hybridized carbons (Fsp3) is 0.425. The Labute approximate surface area is 654 Å². The molecule has 24 heteroatoms. The second-order valence-electron chi connectivity index (χ2n) is 31.7. The summed E-state index contributed by atoms with van der Waals surface area (Å²) >= 11 is 0. The zero-order valence-electron chi connectivity index (χ0n) is 68.0. The Hall–Kier alpha value is -10.6. The maximum absolute atomic E-state index is 14.1. The number of likely N-dealkylation sites (N-methyl/N-ethyl adjacent to an activating group) is 7. The van der Waals surface area contributed by atoms with Gasteiger partial charge in [-0.05, 0) is 162 Å². The van der Waals surface area contributed by atoms with Crippen molar-refractivity contribution in [3.63, 3.8) is 0 Å². The smallest absolute Gasteiger partial charge is 0.246 e. The summed E-state index contributed by atoms with van der Waals surface area (Å²) in [5.74, 6) is -2.71. The van der Waals surface area contributed by atoms with Crippen molar-refractivity contribution >= 4 is 47.3 Å². The van der Waals surface area contributed by atoms with Crippen LogP contribution in [0.15, 0.2) is 164 Å². The molecule has 0 unspecified atom stereocenters. The van der Waals surface area contributed by atoms with Gasteiger partial charge in [-0.15, -0.1) is 0 Å². The number of nitrogens with one attached hydrogen (secondary N) is 2. The maximum atomic E-state index is 14.1. The Morgan fingerprint density at radius 1 is 0.396 bits per heavy atom. The number of hydrogen-bond donors (Lipinski definition) is 7. The molecule has 0 saturated carbocycles. The molecule has 8 amide bonds. The number of nitrogens with zero attached hydrogens (tertiary/aromatic N) is 5. The zero-order chi connectivity index (χ0) is 83.2. The topological polar surface area (TPSA) is 320 Å². The predicted molar refractivity (Wildman–Crippen MR) is 430 cm³/mol. The predicted octanol–water partition coefficient (Wildman–Crippen LogP) is 9.47. The quantitative estimate of drug-likeness (QED) is 0.0213. The summed E-state index contributed by atoms with van der Waals surface area (Å²) in [5, 5.41) is 15.9. The Balaban J connectivity index is 0.000000303. The number of carbonyl (C=O) groups excluding carboxylic acids is 8. The molecule has 7 rings (SSSR count). The number of phenolic OH excluding ortho intramolecular Hbond substituents is 1. The van der Waals surface area contributed by atoms with E-state index < -0.39 is 94.6 Å². The largest absolute Gasteiger partial charge is 0.508 e. The molecule has 0 aromatic heterocycles. The van der Waals surface area contributed by atoms with E-state index in [1.165, 1.54) is 68.9 Å². The highest BCUT2D eigenvalue weighted by atomic mass is 19.1.